The van der Waals surface area contributed by atoms with Crippen molar-refractivity contribution in [3.63, 3.8) is 0 Å². The van der Waals surface area contributed by atoms with Gasteiger partial charge >= 0.3 is 7.12 Å². The maximum absolute atomic E-state index is 13.2. The number of hydrogen-bond acceptors (Lipinski definition) is 3. The van der Waals surface area contributed by atoms with E-state index >= 15 is 0 Å². The highest BCUT2D eigenvalue weighted by molar-refractivity contribution is 6.59. The molecule has 1 unspecified atom stereocenters. The first-order valence-corrected chi connectivity index (χ1v) is 7.14. The van der Waals surface area contributed by atoms with Crippen LogP contribution in [0.25, 0.3) is 0 Å². The molecule has 1 heterocycles. The fourth-order valence-electron chi connectivity index (χ4n) is 2.87. The Morgan fingerprint density at radius 2 is 2.05 bits per heavy atom. The minimum Gasteiger partial charge on any atom is -0.423 e. The maximum atomic E-state index is 13.2. The summed E-state index contributed by atoms with van der Waals surface area (Å²) in [5, 5.41) is 18.7. The number of nitrogens with zero attached hydrogens (tertiary/aromatic N) is 1. The summed E-state index contributed by atoms with van der Waals surface area (Å²) in [4.78, 5) is 2.30. The van der Waals surface area contributed by atoms with Crippen LogP contribution in [0, 0.1) is 17.2 Å². The highest BCUT2D eigenvalue weighted by Crippen LogP contribution is 2.33. The highest BCUT2D eigenvalue weighted by Gasteiger charge is 2.32. The molecule has 0 bridgehead atoms. The van der Waals surface area contributed by atoms with E-state index in [-0.39, 0.29) is 10.9 Å². The summed E-state index contributed by atoms with van der Waals surface area (Å²) in [7, 11) is -1.62. The molecule has 1 saturated heterocycles. The van der Waals surface area contributed by atoms with Gasteiger partial charge in [0.15, 0.2) is 0 Å². The van der Waals surface area contributed by atoms with Crippen LogP contribution in [-0.2, 0) is 6.54 Å². The zero-order valence-electron chi connectivity index (χ0n) is 12.4. The second kappa shape index (κ2) is 5.84. The van der Waals surface area contributed by atoms with Crippen LogP contribution in [0.3, 0.4) is 0 Å². The van der Waals surface area contributed by atoms with Gasteiger partial charge in [-0.1, -0.05) is 26.8 Å². The summed E-state index contributed by atoms with van der Waals surface area (Å²) in [6, 6.07) is 4.23. The molecule has 2 rings (SSSR count). The molecule has 2 N–H and O–H groups in total. The summed E-state index contributed by atoms with van der Waals surface area (Å²) < 4.78 is 13.2. The van der Waals surface area contributed by atoms with Crippen molar-refractivity contribution in [1.29, 1.82) is 0 Å². The van der Waals surface area contributed by atoms with E-state index in [9.17, 15) is 14.4 Å². The van der Waals surface area contributed by atoms with Crippen LogP contribution in [0.4, 0.5) is 4.39 Å². The van der Waals surface area contributed by atoms with Crippen LogP contribution in [-0.4, -0.2) is 35.2 Å². The van der Waals surface area contributed by atoms with Crippen molar-refractivity contribution in [2.45, 2.75) is 33.7 Å². The first kappa shape index (κ1) is 15.5. The largest absolute Gasteiger partial charge is 0.488 e. The van der Waals surface area contributed by atoms with Crippen LogP contribution in [0.15, 0.2) is 18.2 Å². The molecule has 110 valence electrons. The molecule has 3 nitrogen and oxygen atoms in total. The van der Waals surface area contributed by atoms with Crippen LogP contribution in [0.1, 0.15) is 32.8 Å². The molecule has 0 aromatic heterocycles. The van der Waals surface area contributed by atoms with Gasteiger partial charge in [0.2, 0.25) is 0 Å². The molecule has 1 aliphatic heterocycles. The Morgan fingerprint density at radius 3 is 2.60 bits per heavy atom. The van der Waals surface area contributed by atoms with Gasteiger partial charge in [0, 0.05) is 13.1 Å². The Balaban J connectivity index is 2.08. The van der Waals surface area contributed by atoms with E-state index in [0.29, 0.717) is 12.5 Å². The molecule has 0 saturated carbocycles. The Bertz CT molecular complexity index is 473. The van der Waals surface area contributed by atoms with Crippen molar-refractivity contribution in [3.05, 3.63) is 29.6 Å². The number of benzene rings is 1. The molecule has 20 heavy (non-hydrogen) atoms. The zero-order chi connectivity index (χ0) is 14.9. The summed E-state index contributed by atoms with van der Waals surface area (Å²) in [6.07, 6.45) is 1.15. The van der Waals surface area contributed by atoms with Gasteiger partial charge in [-0.05, 0) is 47.5 Å². The average molecular weight is 279 g/mol. The van der Waals surface area contributed by atoms with Gasteiger partial charge in [0.1, 0.15) is 5.82 Å². The lowest BCUT2D eigenvalue weighted by Gasteiger charge is -2.27. The first-order valence-electron chi connectivity index (χ1n) is 7.14. The summed E-state index contributed by atoms with van der Waals surface area (Å²) in [5.74, 6) is 0.205. The third kappa shape index (κ3) is 3.60. The smallest absolute Gasteiger partial charge is 0.423 e. The summed E-state index contributed by atoms with van der Waals surface area (Å²) in [5.41, 5.74) is 1.34. The van der Waals surface area contributed by atoms with Crippen molar-refractivity contribution >= 4 is 12.6 Å². The third-order valence-electron chi connectivity index (χ3n) is 4.28. The van der Waals surface area contributed by atoms with Crippen molar-refractivity contribution in [3.8, 4) is 0 Å². The van der Waals surface area contributed by atoms with Crippen LogP contribution in [0.2, 0.25) is 0 Å². The summed E-state index contributed by atoms with van der Waals surface area (Å²) in [6.45, 7) is 9.40. The monoisotopic (exact) mass is 279 g/mol. The molecular formula is C15H23BFNO2. The SMILES string of the molecule is CC(C)(C)C1CCN(Cc2ccc(F)cc2B(O)O)C1. The van der Waals surface area contributed by atoms with E-state index in [1.807, 2.05) is 0 Å². The second-order valence-electron chi connectivity index (χ2n) is 6.80. The van der Waals surface area contributed by atoms with Gasteiger partial charge in [0.25, 0.3) is 0 Å². The minimum absolute atomic E-state index is 0.268. The van der Waals surface area contributed by atoms with Gasteiger partial charge in [-0.3, -0.25) is 4.90 Å². The van der Waals surface area contributed by atoms with Crippen molar-refractivity contribution < 1.29 is 14.4 Å². The molecular weight excluding hydrogens is 256 g/mol. The van der Waals surface area contributed by atoms with Gasteiger partial charge in [-0.25, -0.2) is 4.39 Å². The van der Waals surface area contributed by atoms with Crippen molar-refractivity contribution in [2.24, 2.45) is 11.3 Å². The van der Waals surface area contributed by atoms with E-state index in [4.69, 9.17) is 0 Å². The second-order valence-corrected chi connectivity index (χ2v) is 6.80. The van der Waals surface area contributed by atoms with Gasteiger partial charge in [0.05, 0.1) is 0 Å². The molecule has 0 amide bonds. The fourth-order valence-corrected chi connectivity index (χ4v) is 2.87. The Kier molecular flexibility index (Phi) is 4.52. The number of hydrogen-bond donors (Lipinski definition) is 2. The van der Waals surface area contributed by atoms with Crippen LogP contribution >= 0.6 is 0 Å². The average Bonchev–Trinajstić information content (AvgIpc) is 2.79. The van der Waals surface area contributed by atoms with E-state index in [0.717, 1.165) is 25.1 Å². The standard InChI is InChI=1S/C15H23BFNO2/c1-15(2,3)12-6-7-18(10-12)9-11-4-5-13(17)8-14(11)16(19)20/h4-5,8,12,19-20H,6-7,9-10H2,1-3H3. The van der Waals surface area contributed by atoms with Crippen molar-refractivity contribution in [2.75, 3.05) is 13.1 Å². The molecule has 5 heteroatoms. The third-order valence-corrected chi connectivity index (χ3v) is 4.28. The number of rotatable bonds is 3. The molecule has 1 fully saturated rings. The maximum Gasteiger partial charge on any atom is 0.488 e. The molecule has 0 radical (unpaired) electrons. The van der Waals surface area contributed by atoms with E-state index < -0.39 is 12.9 Å². The molecule has 1 aliphatic rings. The first-order chi connectivity index (χ1) is 9.27. The van der Waals surface area contributed by atoms with E-state index in [1.165, 1.54) is 12.1 Å². The van der Waals surface area contributed by atoms with E-state index in [2.05, 4.69) is 25.7 Å². The van der Waals surface area contributed by atoms with Gasteiger partial charge in [-0.15, -0.1) is 0 Å². The molecule has 0 aliphatic carbocycles. The van der Waals surface area contributed by atoms with Crippen molar-refractivity contribution in [1.82, 2.24) is 4.90 Å². The number of likely N-dealkylation sites (tertiary alicyclic amines) is 1. The molecule has 1 atom stereocenters. The van der Waals surface area contributed by atoms with Gasteiger partial charge < -0.3 is 10.0 Å². The lowest BCUT2D eigenvalue weighted by Crippen LogP contribution is -2.36. The van der Waals surface area contributed by atoms with E-state index in [1.54, 1.807) is 6.07 Å². The highest BCUT2D eigenvalue weighted by atomic mass is 19.1. The molecule has 0 spiro atoms. The van der Waals surface area contributed by atoms with Crippen LogP contribution in [0.5, 0.6) is 0 Å². The topological polar surface area (TPSA) is 43.7 Å². The Hall–Kier alpha value is -0.905. The lowest BCUT2D eigenvalue weighted by atomic mass is 9.77. The van der Waals surface area contributed by atoms with Gasteiger partial charge in [-0.2, -0.15) is 0 Å². The quantitative estimate of drug-likeness (QED) is 0.821. The Labute approximate surface area is 120 Å². The zero-order valence-corrected chi connectivity index (χ0v) is 12.4. The minimum atomic E-state index is -1.62. The Morgan fingerprint density at radius 1 is 1.35 bits per heavy atom. The summed E-state index contributed by atoms with van der Waals surface area (Å²) >= 11 is 0. The number of halogens is 1. The molecule has 1 aromatic rings. The predicted octanol–water partition coefficient (Wildman–Crippen LogP) is 1.37. The molecule has 1 aromatic carbocycles. The van der Waals surface area contributed by atoms with Crippen LogP contribution < -0.4 is 5.46 Å². The lowest BCUT2D eigenvalue weighted by molar-refractivity contribution is 0.226. The normalized spacial score (nSPS) is 20.4. The fraction of sp³-hybridized carbons (Fsp3) is 0.600. The predicted molar refractivity (Wildman–Crippen MR) is 79.1 cm³/mol.